The Hall–Kier alpha value is -3.79. The molecular formula is C28H33N5O4S. The van der Waals surface area contributed by atoms with Crippen LogP contribution in [0.4, 0.5) is 0 Å². The first-order chi connectivity index (χ1) is 17.8. The van der Waals surface area contributed by atoms with E-state index in [-0.39, 0.29) is 23.1 Å². The van der Waals surface area contributed by atoms with Crippen LogP contribution in [0.15, 0.2) is 59.6 Å². The molecule has 38 heavy (non-hydrogen) atoms. The van der Waals surface area contributed by atoms with E-state index >= 15 is 0 Å². The Morgan fingerprint density at radius 2 is 1.79 bits per heavy atom. The molecule has 10 heteroatoms. The largest absolute Gasteiger partial charge is 0.456 e. The maximum atomic E-state index is 12.4. The normalized spacial score (nSPS) is 13.0. The molecule has 200 valence electrons. The summed E-state index contributed by atoms with van der Waals surface area (Å²) < 4.78 is 32.7. The average Bonchev–Trinajstić information content (AvgIpc) is 3.47. The molecule has 0 bridgehead atoms. The topological polar surface area (TPSA) is 120 Å². The first-order valence-electron chi connectivity index (χ1n) is 12.5. The molecule has 1 atom stereocenters. The summed E-state index contributed by atoms with van der Waals surface area (Å²) in [6.07, 6.45) is 3.80. The number of hydrogen-bond acceptors (Lipinski definition) is 7. The van der Waals surface area contributed by atoms with Crippen molar-refractivity contribution in [3.63, 3.8) is 0 Å². The van der Waals surface area contributed by atoms with Crippen LogP contribution in [0.5, 0.6) is 0 Å². The number of sulfone groups is 1. The third kappa shape index (κ3) is 5.70. The van der Waals surface area contributed by atoms with Crippen molar-refractivity contribution in [1.29, 1.82) is 5.41 Å². The van der Waals surface area contributed by atoms with Gasteiger partial charge in [0.2, 0.25) is 0 Å². The van der Waals surface area contributed by atoms with Crippen LogP contribution in [0.3, 0.4) is 0 Å². The summed E-state index contributed by atoms with van der Waals surface area (Å²) >= 11 is 0. The van der Waals surface area contributed by atoms with Crippen molar-refractivity contribution >= 4 is 32.4 Å². The number of rotatable bonds is 8. The summed E-state index contributed by atoms with van der Waals surface area (Å²) in [5, 5.41) is 18.6. The Morgan fingerprint density at radius 1 is 1.11 bits per heavy atom. The molecule has 2 aromatic heterocycles. The highest BCUT2D eigenvalue weighted by atomic mass is 32.2. The maximum Gasteiger partial charge on any atom is 0.352 e. The number of aryl methyl sites for hydroxylation is 1. The van der Waals surface area contributed by atoms with Crippen molar-refractivity contribution < 1.29 is 17.9 Å². The number of esters is 1. The molecular weight excluding hydrogens is 502 g/mol. The summed E-state index contributed by atoms with van der Waals surface area (Å²) in [7, 11) is -3.29. The van der Waals surface area contributed by atoms with E-state index in [1.54, 1.807) is 55.9 Å². The zero-order valence-electron chi connectivity index (χ0n) is 22.5. The van der Waals surface area contributed by atoms with Gasteiger partial charge in [-0.25, -0.2) is 17.9 Å². The number of hydrogen-bond donors (Lipinski definition) is 1. The predicted octanol–water partition coefficient (Wildman–Crippen LogP) is 5.17. The molecule has 0 aliphatic rings. The van der Waals surface area contributed by atoms with Gasteiger partial charge in [0.05, 0.1) is 39.7 Å². The van der Waals surface area contributed by atoms with Gasteiger partial charge in [-0.2, -0.15) is 10.2 Å². The van der Waals surface area contributed by atoms with Crippen LogP contribution in [0, 0.1) is 5.41 Å². The van der Waals surface area contributed by atoms with E-state index in [4.69, 9.17) is 15.2 Å². The zero-order valence-corrected chi connectivity index (χ0v) is 23.3. The van der Waals surface area contributed by atoms with Crippen molar-refractivity contribution in [2.75, 3.05) is 6.26 Å². The second kappa shape index (κ2) is 10.2. The van der Waals surface area contributed by atoms with Crippen molar-refractivity contribution in [1.82, 2.24) is 19.6 Å². The fourth-order valence-electron chi connectivity index (χ4n) is 4.33. The van der Waals surface area contributed by atoms with Crippen molar-refractivity contribution in [3.8, 4) is 16.9 Å². The molecule has 0 spiro atoms. The number of carbonyl (C=O) groups excluding carboxylic acids is 1. The van der Waals surface area contributed by atoms with E-state index in [0.29, 0.717) is 0 Å². The van der Waals surface area contributed by atoms with Gasteiger partial charge in [-0.15, -0.1) is 0 Å². The van der Waals surface area contributed by atoms with Crippen molar-refractivity contribution in [2.24, 2.45) is 0 Å². The number of carbonyl (C=O) groups is 1. The molecule has 9 nitrogen and oxygen atoms in total. The molecule has 0 saturated carbocycles. The minimum Gasteiger partial charge on any atom is -0.456 e. The van der Waals surface area contributed by atoms with Crippen LogP contribution in [-0.4, -0.2) is 51.5 Å². The molecule has 0 amide bonds. The number of aromatic nitrogens is 4. The van der Waals surface area contributed by atoms with Gasteiger partial charge in [0.1, 0.15) is 11.3 Å². The van der Waals surface area contributed by atoms with E-state index in [2.05, 4.69) is 5.10 Å². The molecule has 0 aliphatic carbocycles. The summed E-state index contributed by atoms with van der Waals surface area (Å²) in [4.78, 5) is 12.6. The van der Waals surface area contributed by atoms with Gasteiger partial charge in [-0.1, -0.05) is 19.1 Å². The molecule has 2 aromatic carbocycles. The Balaban J connectivity index is 1.70. The number of benzene rings is 2. The minimum absolute atomic E-state index is 0.0964. The summed E-state index contributed by atoms with van der Waals surface area (Å²) in [5.74, 6) is -0.622. The fraction of sp³-hybridized carbons (Fsp3) is 0.357. The van der Waals surface area contributed by atoms with E-state index in [1.807, 2.05) is 42.8 Å². The highest BCUT2D eigenvalue weighted by molar-refractivity contribution is 7.90. The summed E-state index contributed by atoms with van der Waals surface area (Å²) in [5.41, 5.74) is 3.54. The highest BCUT2D eigenvalue weighted by Crippen LogP contribution is 2.30. The third-order valence-electron chi connectivity index (χ3n) is 6.13. The Kier molecular flexibility index (Phi) is 7.29. The molecule has 1 unspecified atom stereocenters. The number of fused-ring (bicyclic) bond motifs is 1. The lowest BCUT2D eigenvalue weighted by molar-refractivity contribution is -0.146. The number of nitrogens with one attached hydrogen (secondary N) is 1. The molecule has 0 radical (unpaired) electrons. The first kappa shape index (κ1) is 27.3. The molecule has 0 saturated heterocycles. The van der Waals surface area contributed by atoms with Gasteiger partial charge in [-0.05, 0) is 70.5 Å². The van der Waals surface area contributed by atoms with Crippen LogP contribution in [0.2, 0.25) is 0 Å². The Morgan fingerprint density at radius 3 is 2.39 bits per heavy atom. The summed E-state index contributed by atoms with van der Waals surface area (Å²) in [6, 6.07) is 14.3. The molecule has 2 heterocycles. The predicted molar refractivity (Wildman–Crippen MR) is 148 cm³/mol. The van der Waals surface area contributed by atoms with E-state index in [0.717, 1.165) is 40.0 Å². The van der Waals surface area contributed by atoms with Gasteiger partial charge in [0.15, 0.2) is 9.84 Å². The lowest BCUT2D eigenvalue weighted by Crippen LogP contribution is -2.29. The smallest absolute Gasteiger partial charge is 0.352 e. The second-order valence-corrected chi connectivity index (χ2v) is 12.4. The van der Waals surface area contributed by atoms with Crippen LogP contribution in [-0.2, 0) is 25.8 Å². The van der Waals surface area contributed by atoms with Crippen LogP contribution in [0.25, 0.3) is 27.8 Å². The van der Waals surface area contributed by atoms with Gasteiger partial charge in [0, 0.05) is 23.6 Å². The average molecular weight is 536 g/mol. The molecule has 4 aromatic rings. The molecule has 0 fully saturated rings. The Bertz CT molecular complexity index is 1610. The standard InChI is InChI=1S/C28H33N5O4S/c1-7-24-22-13-8-19(25-14-15-30-33(25)20-9-11-21(12-10-20)38(6,35)36)17-26(22)32(31-24)18(2)16-23(29)27(34)37-28(3,4)5/h8-15,17-18,29H,7,16H2,1-6H3. The minimum atomic E-state index is -3.29. The molecule has 0 aliphatic heterocycles. The monoisotopic (exact) mass is 535 g/mol. The fourth-order valence-corrected chi connectivity index (χ4v) is 4.96. The van der Waals surface area contributed by atoms with E-state index in [9.17, 15) is 13.2 Å². The lowest BCUT2D eigenvalue weighted by atomic mass is 10.1. The second-order valence-electron chi connectivity index (χ2n) is 10.4. The quantitative estimate of drug-likeness (QED) is 0.246. The van der Waals surface area contributed by atoms with Gasteiger partial charge < -0.3 is 4.74 Å². The van der Waals surface area contributed by atoms with Crippen LogP contribution < -0.4 is 0 Å². The number of nitrogens with zero attached hydrogens (tertiary/aromatic N) is 4. The third-order valence-corrected chi connectivity index (χ3v) is 7.26. The maximum absolute atomic E-state index is 12.4. The van der Waals surface area contributed by atoms with Gasteiger partial charge >= 0.3 is 5.97 Å². The zero-order chi connectivity index (χ0) is 27.8. The SMILES string of the molecule is CCc1nn(C(C)CC(=N)C(=O)OC(C)(C)C)c2cc(-c3ccnn3-c3ccc(S(C)(=O)=O)cc3)ccc12. The molecule has 1 N–H and O–H groups in total. The van der Waals surface area contributed by atoms with Gasteiger partial charge in [-0.3, -0.25) is 10.1 Å². The van der Waals surface area contributed by atoms with E-state index in [1.165, 1.54) is 6.26 Å². The summed E-state index contributed by atoms with van der Waals surface area (Å²) in [6.45, 7) is 9.32. The highest BCUT2D eigenvalue weighted by Gasteiger charge is 2.24. The van der Waals surface area contributed by atoms with E-state index < -0.39 is 21.4 Å². The van der Waals surface area contributed by atoms with Crippen LogP contribution >= 0.6 is 0 Å². The van der Waals surface area contributed by atoms with Crippen LogP contribution in [0.1, 0.15) is 52.8 Å². The lowest BCUT2D eigenvalue weighted by Gasteiger charge is -2.21. The first-order valence-corrected chi connectivity index (χ1v) is 14.3. The van der Waals surface area contributed by atoms with Crippen molar-refractivity contribution in [3.05, 3.63) is 60.4 Å². The van der Waals surface area contributed by atoms with Crippen molar-refractivity contribution in [2.45, 2.75) is 64.0 Å². The molecule has 4 rings (SSSR count). The number of ether oxygens (including phenoxy) is 1. The van der Waals surface area contributed by atoms with Gasteiger partial charge in [0.25, 0.3) is 0 Å². The Labute approximate surface area is 222 Å².